The van der Waals surface area contributed by atoms with Gasteiger partial charge >= 0.3 is 5.91 Å². The molecule has 1 aliphatic heterocycles. The zero-order valence-corrected chi connectivity index (χ0v) is 22.0. The molecule has 1 aliphatic rings. The van der Waals surface area contributed by atoms with E-state index in [1.165, 1.54) is 16.2 Å². The molecule has 1 saturated heterocycles. The number of hydrogen-bond acceptors (Lipinski definition) is 7. The average molecular weight is 534 g/mol. The third-order valence-electron chi connectivity index (χ3n) is 6.15. The van der Waals surface area contributed by atoms with E-state index in [9.17, 15) is 14.7 Å². The molecule has 0 saturated carbocycles. The van der Waals surface area contributed by atoms with Gasteiger partial charge in [0.2, 0.25) is 0 Å². The number of carbonyl (C=O) groups is 2. The molecular weight excluding hydrogens is 510 g/mol. The minimum Gasteiger partial charge on any atom is -0.507 e. The summed E-state index contributed by atoms with van der Waals surface area (Å²) in [6.45, 7) is 2.43. The number of halogens is 1. The van der Waals surface area contributed by atoms with Gasteiger partial charge in [0.25, 0.3) is 5.78 Å². The maximum absolute atomic E-state index is 13.5. The molecule has 1 amide bonds. The lowest BCUT2D eigenvalue weighted by Gasteiger charge is -2.23. The SMILES string of the molecule is CCOc1ccc2nc(N3C(=O)C(=O)/C(=C(/O)c4ccc(Cl)cc4)C3c3ccc(N(C)C)cc3)sc2c1. The van der Waals surface area contributed by atoms with Gasteiger partial charge in [-0.1, -0.05) is 35.1 Å². The highest BCUT2D eigenvalue weighted by Crippen LogP contribution is 2.45. The Hall–Kier alpha value is -3.88. The van der Waals surface area contributed by atoms with Crippen LogP contribution in [0.3, 0.4) is 0 Å². The Balaban J connectivity index is 1.68. The molecule has 4 aromatic rings. The number of fused-ring (bicyclic) bond motifs is 1. The van der Waals surface area contributed by atoms with Crippen LogP contribution in [-0.4, -0.2) is 42.5 Å². The molecule has 9 heteroatoms. The quantitative estimate of drug-likeness (QED) is 0.185. The fourth-order valence-electron chi connectivity index (χ4n) is 4.32. The van der Waals surface area contributed by atoms with Gasteiger partial charge in [0.1, 0.15) is 11.5 Å². The number of nitrogens with zero attached hydrogens (tertiary/aromatic N) is 3. The summed E-state index contributed by atoms with van der Waals surface area (Å²) >= 11 is 7.31. The van der Waals surface area contributed by atoms with Gasteiger partial charge in [-0.3, -0.25) is 14.5 Å². The van der Waals surface area contributed by atoms with E-state index in [1.807, 2.05) is 68.4 Å². The van der Waals surface area contributed by atoms with Crippen molar-refractivity contribution < 1.29 is 19.4 Å². The fraction of sp³-hybridized carbons (Fsp3) is 0.179. The summed E-state index contributed by atoms with van der Waals surface area (Å²) in [5, 5.41) is 12.1. The molecule has 0 aliphatic carbocycles. The maximum Gasteiger partial charge on any atom is 0.301 e. The highest BCUT2D eigenvalue weighted by Gasteiger charge is 2.48. The van der Waals surface area contributed by atoms with E-state index in [1.54, 1.807) is 24.3 Å². The second kappa shape index (κ2) is 9.88. The van der Waals surface area contributed by atoms with E-state index >= 15 is 0 Å². The van der Waals surface area contributed by atoms with Crippen molar-refractivity contribution in [3.8, 4) is 5.75 Å². The van der Waals surface area contributed by atoms with Crippen molar-refractivity contribution >= 4 is 61.4 Å². The second-order valence-electron chi connectivity index (χ2n) is 8.72. The van der Waals surface area contributed by atoms with Crippen LogP contribution >= 0.6 is 22.9 Å². The average Bonchev–Trinajstić information content (AvgIpc) is 3.42. The van der Waals surface area contributed by atoms with Crippen molar-refractivity contribution in [3.05, 3.63) is 88.5 Å². The molecule has 1 atom stereocenters. The van der Waals surface area contributed by atoms with Crippen LogP contribution in [0, 0.1) is 0 Å². The number of benzene rings is 3. The standard InChI is InChI=1S/C28H24ClN3O4S/c1-4-36-20-13-14-21-22(15-20)37-28(30-21)32-24(16-7-11-19(12-8-16)31(2)3)23(26(34)27(32)35)25(33)17-5-9-18(29)10-6-17/h5-15,24,33H,4H2,1-3H3/b25-23+. The molecule has 0 bridgehead atoms. The molecule has 1 fully saturated rings. The normalized spacial score (nSPS) is 17.0. The number of amides is 1. The Kier molecular flexibility index (Phi) is 6.62. The van der Waals surface area contributed by atoms with Crippen molar-refractivity contribution in [3.63, 3.8) is 0 Å². The largest absolute Gasteiger partial charge is 0.507 e. The highest BCUT2D eigenvalue weighted by atomic mass is 35.5. The molecule has 1 N–H and O–H groups in total. The molecule has 3 aromatic carbocycles. The number of ether oxygens (including phenoxy) is 1. The van der Waals surface area contributed by atoms with Gasteiger partial charge in [-0.25, -0.2) is 4.98 Å². The van der Waals surface area contributed by atoms with Crippen molar-refractivity contribution in [2.24, 2.45) is 0 Å². The zero-order chi connectivity index (χ0) is 26.3. The first-order chi connectivity index (χ1) is 17.8. The number of ketones is 1. The number of hydrogen-bond donors (Lipinski definition) is 1. The van der Waals surface area contributed by atoms with Crippen LogP contribution in [0.5, 0.6) is 5.75 Å². The van der Waals surface area contributed by atoms with Crippen molar-refractivity contribution in [1.29, 1.82) is 0 Å². The summed E-state index contributed by atoms with van der Waals surface area (Å²) in [5.74, 6) is -1.09. The number of aromatic nitrogens is 1. The predicted octanol–water partition coefficient (Wildman–Crippen LogP) is 6.04. The molecule has 2 heterocycles. The van der Waals surface area contributed by atoms with Crippen molar-refractivity contribution in [2.45, 2.75) is 13.0 Å². The number of anilines is 2. The van der Waals surface area contributed by atoms with Gasteiger partial charge in [0, 0.05) is 30.4 Å². The second-order valence-corrected chi connectivity index (χ2v) is 10.2. The van der Waals surface area contributed by atoms with Gasteiger partial charge in [-0.2, -0.15) is 0 Å². The molecule has 5 rings (SSSR count). The van der Waals surface area contributed by atoms with Gasteiger partial charge < -0.3 is 14.7 Å². The summed E-state index contributed by atoms with van der Waals surface area (Å²) in [5.41, 5.74) is 2.71. The Morgan fingerprint density at radius 2 is 1.78 bits per heavy atom. The number of Topliss-reactive ketones (excluding diaryl/α,β-unsaturated/α-hetero) is 1. The van der Waals surface area contributed by atoms with Crippen LogP contribution in [-0.2, 0) is 9.59 Å². The fourth-order valence-corrected chi connectivity index (χ4v) is 5.46. The number of thiazole rings is 1. The highest BCUT2D eigenvalue weighted by molar-refractivity contribution is 7.22. The van der Waals surface area contributed by atoms with Gasteiger partial charge in [0.05, 0.1) is 28.4 Å². The lowest BCUT2D eigenvalue weighted by molar-refractivity contribution is -0.132. The van der Waals surface area contributed by atoms with E-state index in [-0.39, 0.29) is 11.3 Å². The Labute approximate surface area is 223 Å². The topological polar surface area (TPSA) is 83.0 Å². The number of aliphatic hydroxyl groups excluding tert-OH is 1. The first kappa shape index (κ1) is 24.8. The molecule has 37 heavy (non-hydrogen) atoms. The van der Waals surface area contributed by atoms with E-state index < -0.39 is 17.7 Å². The van der Waals surface area contributed by atoms with E-state index in [0.717, 1.165) is 10.4 Å². The van der Waals surface area contributed by atoms with Crippen LogP contribution in [0.15, 0.2) is 72.3 Å². The van der Waals surface area contributed by atoms with Crippen LogP contribution in [0.2, 0.25) is 5.02 Å². The van der Waals surface area contributed by atoms with Crippen molar-refractivity contribution in [2.75, 3.05) is 30.5 Å². The zero-order valence-electron chi connectivity index (χ0n) is 20.4. The lowest BCUT2D eigenvalue weighted by Crippen LogP contribution is -2.29. The Bertz CT molecular complexity index is 1530. The third kappa shape index (κ3) is 4.54. The third-order valence-corrected chi connectivity index (χ3v) is 7.42. The number of aliphatic hydroxyl groups is 1. The summed E-state index contributed by atoms with van der Waals surface area (Å²) < 4.78 is 6.43. The lowest BCUT2D eigenvalue weighted by atomic mass is 9.95. The summed E-state index contributed by atoms with van der Waals surface area (Å²) in [4.78, 5) is 34.8. The van der Waals surface area contributed by atoms with Gasteiger partial charge in [0.15, 0.2) is 5.13 Å². The van der Waals surface area contributed by atoms with Gasteiger partial charge in [-0.15, -0.1) is 0 Å². The van der Waals surface area contributed by atoms with Gasteiger partial charge in [-0.05, 0) is 67.1 Å². The van der Waals surface area contributed by atoms with Crippen LogP contribution in [0.1, 0.15) is 24.1 Å². The molecular formula is C28H24ClN3O4S. The molecule has 0 spiro atoms. The van der Waals surface area contributed by atoms with Crippen molar-refractivity contribution in [1.82, 2.24) is 4.98 Å². The van der Waals surface area contributed by atoms with E-state index in [2.05, 4.69) is 4.98 Å². The first-order valence-corrected chi connectivity index (χ1v) is 12.9. The molecule has 1 unspecified atom stereocenters. The molecule has 7 nitrogen and oxygen atoms in total. The molecule has 1 aromatic heterocycles. The summed E-state index contributed by atoms with van der Waals surface area (Å²) in [6.07, 6.45) is 0. The van der Waals surface area contributed by atoms with Crippen LogP contribution in [0.25, 0.3) is 16.0 Å². The van der Waals surface area contributed by atoms with E-state index in [0.29, 0.717) is 39.2 Å². The Morgan fingerprint density at radius 1 is 1.08 bits per heavy atom. The minimum absolute atomic E-state index is 0.000753. The molecule has 0 radical (unpaired) electrons. The summed E-state index contributed by atoms with van der Waals surface area (Å²) in [7, 11) is 3.86. The summed E-state index contributed by atoms with van der Waals surface area (Å²) in [6, 6.07) is 18.7. The monoisotopic (exact) mass is 533 g/mol. The Morgan fingerprint density at radius 3 is 2.43 bits per heavy atom. The number of carbonyl (C=O) groups excluding carboxylic acids is 2. The smallest absolute Gasteiger partial charge is 0.301 e. The maximum atomic E-state index is 13.5. The first-order valence-electron chi connectivity index (χ1n) is 11.7. The predicted molar refractivity (Wildman–Crippen MR) is 148 cm³/mol. The van der Waals surface area contributed by atoms with Crippen LogP contribution < -0.4 is 14.5 Å². The number of rotatable bonds is 6. The van der Waals surface area contributed by atoms with E-state index in [4.69, 9.17) is 16.3 Å². The van der Waals surface area contributed by atoms with Crippen LogP contribution in [0.4, 0.5) is 10.8 Å². The minimum atomic E-state index is -0.862. The molecule has 188 valence electrons.